The minimum atomic E-state index is -1.82. The van der Waals surface area contributed by atoms with Crippen molar-refractivity contribution in [3.63, 3.8) is 0 Å². The fraction of sp³-hybridized carbons (Fsp3) is 0.241. The SMILES string of the molecule is CC(CN1CC=C(c2ccccc2)CC1)C(O)(c1ccccc1)c1ccccc1.O=C(O)C(=O)O. The lowest BCUT2D eigenvalue weighted by atomic mass is 9.76. The summed E-state index contributed by atoms with van der Waals surface area (Å²) >= 11 is 0. The maximum atomic E-state index is 11.9. The van der Waals surface area contributed by atoms with E-state index in [1.54, 1.807) is 0 Å². The van der Waals surface area contributed by atoms with Crippen LogP contribution in [0, 0.1) is 5.92 Å². The van der Waals surface area contributed by atoms with Crippen molar-refractivity contribution in [1.82, 2.24) is 4.90 Å². The molecule has 0 radical (unpaired) electrons. The molecule has 1 unspecified atom stereocenters. The highest BCUT2D eigenvalue weighted by atomic mass is 16.4. The molecule has 3 aromatic rings. The Balaban J connectivity index is 0.000000509. The van der Waals surface area contributed by atoms with Crippen LogP contribution < -0.4 is 0 Å². The molecule has 0 saturated carbocycles. The Labute approximate surface area is 205 Å². The molecule has 182 valence electrons. The van der Waals surface area contributed by atoms with Crippen molar-refractivity contribution >= 4 is 17.5 Å². The molecule has 3 aromatic carbocycles. The van der Waals surface area contributed by atoms with Gasteiger partial charge in [0.15, 0.2) is 0 Å². The van der Waals surface area contributed by atoms with Crippen molar-refractivity contribution in [3.8, 4) is 0 Å². The minimum absolute atomic E-state index is 0.0546. The Hall–Kier alpha value is -3.74. The average Bonchev–Trinajstić information content (AvgIpc) is 2.90. The second kappa shape index (κ2) is 12.1. The Bertz CT molecular complexity index is 1080. The Morgan fingerprint density at radius 1 is 0.829 bits per heavy atom. The normalized spacial score (nSPS) is 14.7. The molecule has 1 heterocycles. The number of benzene rings is 3. The smallest absolute Gasteiger partial charge is 0.414 e. The van der Waals surface area contributed by atoms with Crippen molar-refractivity contribution < 1.29 is 24.9 Å². The number of aliphatic carboxylic acids is 2. The zero-order valence-corrected chi connectivity index (χ0v) is 19.7. The van der Waals surface area contributed by atoms with Crippen molar-refractivity contribution in [2.75, 3.05) is 19.6 Å². The van der Waals surface area contributed by atoms with Crippen molar-refractivity contribution in [2.24, 2.45) is 5.92 Å². The van der Waals surface area contributed by atoms with Gasteiger partial charge in [0.25, 0.3) is 0 Å². The molecule has 0 spiro atoms. The molecule has 0 bridgehead atoms. The molecule has 0 aromatic heterocycles. The summed E-state index contributed by atoms with van der Waals surface area (Å²) in [5, 5.41) is 26.7. The molecule has 0 amide bonds. The van der Waals surface area contributed by atoms with Gasteiger partial charge in [-0.2, -0.15) is 0 Å². The van der Waals surface area contributed by atoms with Crippen LogP contribution in [0.2, 0.25) is 0 Å². The molecule has 0 aliphatic carbocycles. The van der Waals surface area contributed by atoms with E-state index in [4.69, 9.17) is 19.8 Å². The average molecular weight is 474 g/mol. The third-order valence-corrected chi connectivity index (χ3v) is 6.29. The number of rotatable bonds is 6. The van der Waals surface area contributed by atoms with Gasteiger partial charge >= 0.3 is 11.9 Å². The Morgan fingerprint density at radius 3 is 1.69 bits per heavy atom. The first-order chi connectivity index (χ1) is 16.8. The third kappa shape index (κ3) is 6.66. The molecule has 0 saturated heterocycles. The monoisotopic (exact) mass is 473 g/mol. The summed E-state index contributed by atoms with van der Waals surface area (Å²) in [5.41, 5.74) is 3.65. The summed E-state index contributed by atoms with van der Waals surface area (Å²) in [5.74, 6) is -3.59. The van der Waals surface area contributed by atoms with Crippen LogP contribution in [-0.4, -0.2) is 51.8 Å². The first-order valence-electron chi connectivity index (χ1n) is 11.6. The zero-order chi connectivity index (χ0) is 25.3. The van der Waals surface area contributed by atoms with Crippen LogP contribution in [0.4, 0.5) is 0 Å². The summed E-state index contributed by atoms with van der Waals surface area (Å²) in [6.45, 7) is 4.95. The molecular formula is C29H31NO5. The van der Waals surface area contributed by atoms with E-state index in [9.17, 15) is 5.11 Å². The van der Waals surface area contributed by atoms with E-state index in [0.717, 1.165) is 37.2 Å². The first kappa shape index (κ1) is 25.9. The molecule has 1 aliphatic rings. The topological polar surface area (TPSA) is 98.1 Å². The number of aliphatic hydroxyl groups is 1. The summed E-state index contributed by atoms with van der Waals surface area (Å²) < 4.78 is 0. The quantitative estimate of drug-likeness (QED) is 0.456. The van der Waals surface area contributed by atoms with Gasteiger partial charge in [-0.15, -0.1) is 0 Å². The molecule has 4 rings (SSSR count). The molecule has 3 N–H and O–H groups in total. The molecule has 1 aliphatic heterocycles. The molecule has 6 nitrogen and oxygen atoms in total. The van der Waals surface area contributed by atoms with E-state index in [0.29, 0.717) is 0 Å². The number of nitrogens with zero attached hydrogens (tertiary/aromatic N) is 1. The fourth-order valence-electron chi connectivity index (χ4n) is 4.43. The van der Waals surface area contributed by atoms with Crippen LogP contribution in [-0.2, 0) is 15.2 Å². The second-order valence-electron chi connectivity index (χ2n) is 8.61. The zero-order valence-electron chi connectivity index (χ0n) is 19.7. The maximum Gasteiger partial charge on any atom is 0.414 e. The van der Waals surface area contributed by atoms with Gasteiger partial charge in [0, 0.05) is 25.6 Å². The van der Waals surface area contributed by atoms with Gasteiger partial charge in [0.05, 0.1) is 0 Å². The first-order valence-corrected chi connectivity index (χ1v) is 11.6. The standard InChI is InChI=1S/C27H29NO.C2H2O4/c1-22(21-28-19-17-24(18-20-28)23-11-5-2-6-12-23)27(29,25-13-7-3-8-14-25)26-15-9-4-10-16-26;3-1(4)2(5)6/h2-17,22,29H,18-21H2,1H3;(H,3,4)(H,5,6). The van der Waals surface area contributed by atoms with E-state index in [2.05, 4.69) is 48.2 Å². The maximum absolute atomic E-state index is 11.9. The highest BCUT2D eigenvalue weighted by molar-refractivity contribution is 6.27. The predicted octanol–water partition coefficient (Wildman–Crippen LogP) is 4.50. The second-order valence-corrected chi connectivity index (χ2v) is 8.61. The van der Waals surface area contributed by atoms with E-state index < -0.39 is 17.5 Å². The van der Waals surface area contributed by atoms with Crippen molar-refractivity contribution in [2.45, 2.75) is 18.9 Å². The van der Waals surface area contributed by atoms with E-state index in [1.807, 2.05) is 60.7 Å². The van der Waals surface area contributed by atoms with E-state index in [-0.39, 0.29) is 5.92 Å². The van der Waals surface area contributed by atoms with Gasteiger partial charge < -0.3 is 15.3 Å². The van der Waals surface area contributed by atoms with Crippen molar-refractivity contribution in [1.29, 1.82) is 0 Å². The van der Waals surface area contributed by atoms with Gasteiger partial charge in [-0.3, -0.25) is 4.90 Å². The number of carboxylic acid groups (broad SMARTS) is 2. The molecular weight excluding hydrogens is 442 g/mol. The number of hydrogen-bond donors (Lipinski definition) is 3. The number of carboxylic acids is 2. The van der Waals surface area contributed by atoms with Crippen LogP contribution in [0.5, 0.6) is 0 Å². The lowest BCUT2D eigenvalue weighted by Crippen LogP contribution is -2.43. The predicted molar refractivity (Wildman–Crippen MR) is 136 cm³/mol. The van der Waals surface area contributed by atoms with Crippen LogP contribution in [0.25, 0.3) is 5.57 Å². The molecule has 6 heteroatoms. The van der Waals surface area contributed by atoms with E-state index in [1.165, 1.54) is 11.1 Å². The Morgan fingerprint density at radius 2 is 1.29 bits per heavy atom. The summed E-state index contributed by atoms with van der Waals surface area (Å²) in [6.07, 6.45) is 3.39. The highest BCUT2D eigenvalue weighted by Crippen LogP contribution is 2.37. The summed E-state index contributed by atoms with van der Waals surface area (Å²) in [7, 11) is 0. The van der Waals surface area contributed by atoms with Crippen molar-refractivity contribution in [3.05, 3.63) is 114 Å². The summed E-state index contributed by atoms with van der Waals surface area (Å²) in [6, 6.07) is 30.8. The van der Waals surface area contributed by atoms with Crippen LogP contribution in [0.15, 0.2) is 97.1 Å². The number of carbonyl (C=O) groups is 2. The fourth-order valence-corrected chi connectivity index (χ4v) is 4.43. The lowest BCUT2D eigenvalue weighted by molar-refractivity contribution is -0.159. The lowest BCUT2D eigenvalue weighted by Gasteiger charge is -2.39. The molecule has 35 heavy (non-hydrogen) atoms. The van der Waals surface area contributed by atoms with Gasteiger partial charge in [0.2, 0.25) is 0 Å². The van der Waals surface area contributed by atoms with E-state index >= 15 is 0 Å². The largest absolute Gasteiger partial charge is 0.473 e. The Kier molecular flexibility index (Phi) is 8.95. The summed E-state index contributed by atoms with van der Waals surface area (Å²) in [4.78, 5) is 20.7. The van der Waals surface area contributed by atoms with Gasteiger partial charge in [-0.05, 0) is 28.7 Å². The van der Waals surface area contributed by atoms with Gasteiger partial charge in [0.1, 0.15) is 5.60 Å². The molecule has 1 atom stereocenters. The minimum Gasteiger partial charge on any atom is -0.473 e. The van der Waals surface area contributed by atoms with Crippen LogP contribution >= 0.6 is 0 Å². The van der Waals surface area contributed by atoms with Crippen LogP contribution in [0.3, 0.4) is 0 Å². The molecule has 0 fully saturated rings. The van der Waals surface area contributed by atoms with Gasteiger partial charge in [-0.25, -0.2) is 9.59 Å². The number of hydrogen-bond acceptors (Lipinski definition) is 4. The van der Waals surface area contributed by atoms with Gasteiger partial charge in [-0.1, -0.05) is 104 Å². The highest BCUT2D eigenvalue weighted by Gasteiger charge is 2.38. The third-order valence-electron chi connectivity index (χ3n) is 6.29. The van der Waals surface area contributed by atoms with Crippen LogP contribution in [0.1, 0.15) is 30.0 Å².